The standard InChI is InChI=1S/C18H27FN4O3.HI/c1-3-26-18(24)23-8-6-15(7-9-23)22-17(20)21-11-13-4-5-16(19)14(10-13)12-25-2;/h4-5,10,15H,3,6-9,11-12H2,1-2H3,(H3,20,21,22);1H. The van der Waals surface area contributed by atoms with Crippen LogP contribution in [-0.2, 0) is 22.6 Å². The molecule has 9 heteroatoms. The van der Waals surface area contributed by atoms with Crippen molar-refractivity contribution >= 4 is 36.0 Å². The number of piperidine rings is 1. The van der Waals surface area contributed by atoms with Crippen molar-refractivity contribution in [2.75, 3.05) is 26.8 Å². The lowest BCUT2D eigenvalue weighted by atomic mass is 10.1. The fourth-order valence-electron chi connectivity index (χ4n) is 2.84. The Bertz CT molecular complexity index is 637. The Morgan fingerprint density at radius 1 is 1.41 bits per heavy atom. The van der Waals surface area contributed by atoms with E-state index in [2.05, 4.69) is 10.3 Å². The number of carbonyl (C=O) groups excluding carboxylic acids is 1. The Morgan fingerprint density at radius 3 is 2.74 bits per heavy atom. The van der Waals surface area contributed by atoms with Crippen molar-refractivity contribution in [2.45, 2.75) is 39.0 Å². The van der Waals surface area contributed by atoms with Gasteiger partial charge in [0.05, 0.1) is 19.8 Å². The summed E-state index contributed by atoms with van der Waals surface area (Å²) in [4.78, 5) is 17.7. The molecule has 0 aromatic heterocycles. The first-order valence-corrected chi connectivity index (χ1v) is 8.77. The fraction of sp³-hybridized carbons (Fsp3) is 0.556. The van der Waals surface area contributed by atoms with E-state index in [4.69, 9.17) is 15.2 Å². The Hall–Kier alpha value is -1.62. The van der Waals surface area contributed by atoms with Gasteiger partial charge in [0.15, 0.2) is 5.96 Å². The quantitative estimate of drug-likeness (QED) is 0.361. The van der Waals surface area contributed by atoms with Gasteiger partial charge in [-0.25, -0.2) is 14.2 Å². The summed E-state index contributed by atoms with van der Waals surface area (Å²) in [5.41, 5.74) is 7.32. The average molecular weight is 494 g/mol. The molecule has 1 aliphatic rings. The molecule has 0 spiro atoms. The van der Waals surface area contributed by atoms with E-state index in [1.54, 1.807) is 24.0 Å². The second-order valence-electron chi connectivity index (χ2n) is 6.16. The van der Waals surface area contributed by atoms with E-state index in [9.17, 15) is 9.18 Å². The molecule has 1 fully saturated rings. The number of halogens is 2. The number of nitrogens with two attached hydrogens (primary N) is 1. The van der Waals surface area contributed by atoms with E-state index in [0.29, 0.717) is 37.8 Å². The molecule has 7 nitrogen and oxygen atoms in total. The summed E-state index contributed by atoms with van der Waals surface area (Å²) in [6.07, 6.45) is 1.29. The van der Waals surface area contributed by atoms with Crippen LogP contribution >= 0.6 is 24.0 Å². The largest absolute Gasteiger partial charge is 0.450 e. The van der Waals surface area contributed by atoms with E-state index < -0.39 is 0 Å². The highest BCUT2D eigenvalue weighted by Crippen LogP contribution is 2.13. The van der Waals surface area contributed by atoms with Gasteiger partial charge in [0, 0.05) is 31.8 Å². The molecule has 1 aliphatic heterocycles. The van der Waals surface area contributed by atoms with Crippen LogP contribution in [0.1, 0.15) is 30.9 Å². The topological polar surface area (TPSA) is 89.2 Å². The van der Waals surface area contributed by atoms with Gasteiger partial charge in [0.1, 0.15) is 5.82 Å². The summed E-state index contributed by atoms with van der Waals surface area (Å²) in [5.74, 6) is 0.0521. The number of benzene rings is 1. The maximum Gasteiger partial charge on any atom is 0.409 e. The molecular weight excluding hydrogens is 466 g/mol. The van der Waals surface area contributed by atoms with Gasteiger partial charge in [-0.05, 0) is 37.5 Å². The molecule has 1 heterocycles. The number of nitrogens with one attached hydrogen (secondary N) is 1. The number of nitrogens with zero attached hydrogens (tertiary/aromatic N) is 2. The monoisotopic (exact) mass is 494 g/mol. The van der Waals surface area contributed by atoms with Gasteiger partial charge in [-0.3, -0.25) is 0 Å². The molecule has 2 rings (SSSR count). The van der Waals surface area contributed by atoms with Gasteiger partial charge in [-0.15, -0.1) is 24.0 Å². The molecule has 0 bridgehead atoms. The molecular formula is C18H28FIN4O3. The number of methoxy groups -OCH3 is 1. The lowest BCUT2D eigenvalue weighted by Crippen LogP contribution is -2.48. The van der Waals surface area contributed by atoms with E-state index in [0.717, 1.165) is 18.4 Å². The fourth-order valence-corrected chi connectivity index (χ4v) is 2.84. The van der Waals surface area contributed by atoms with Crippen molar-refractivity contribution in [1.29, 1.82) is 0 Å². The molecule has 1 aromatic rings. The Kier molecular flexibility index (Phi) is 10.4. The van der Waals surface area contributed by atoms with Crippen molar-refractivity contribution < 1.29 is 18.7 Å². The molecule has 0 atom stereocenters. The third-order valence-corrected chi connectivity index (χ3v) is 4.21. The Labute approximate surface area is 176 Å². The number of guanidine groups is 1. The van der Waals surface area contributed by atoms with Crippen LogP contribution in [0.15, 0.2) is 23.2 Å². The second kappa shape index (κ2) is 12.0. The smallest absolute Gasteiger partial charge is 0.409 e. The summed E-state index contributed by atoms with van der Waals surface area (Å²) >= 11 is 0. The normalized spacial score (nSPS) is 15.2. The first kappa shape index (κ1) is 23.4. The number of carbonyl (C=O) groups is 1. The number of ether oxygens (including phenoxy) is 2. The van der Waals surface area contributed by atoms with Crippen LogP contribution in [0.5, 0.6) is 0 Å². The van der Waals surface area contributed by atoms with Crippen LogP contribution in [-0.4, -0.2) is 49.8 Å². The summed E-state index contributed by atoms with van der Waals surface area (Å²) < 4.78 is 23.6. The molecule has 1 aromatic carbocycles. The summed E-state index contributed by atoms with van der Waals surface area (Å²) in [7, 11) is 1.53. The summed E-state index contributed by atoms with van der Waals surface area (Å²) in [6.45, 7) is 4.01. The minimum Gasteiger partial charge on any atom is -0.450 e. The highest BCUT2D eigenvalue weighted by molar-refractivity contribution is 14.0. The number of hydrogen-bond acceptors (Lipinski definition) is 4. The Balaban J connectivity index is 0.00000364. The molecule has 0 saturated carbocycles. The maximum absolute atomic E-state index is 13.6. The van der Waals surface area contributed by atoms with Crippen LogP contribution in [0.25, 0.3) is 0 Å². The van der Waals surface area contributed by atoms with Gasteiger partial charge in [0.2, 0.25) is 0 Å². The summed E-state index contributed by atoms with van der Waals surface area (Å²) in [5, 5.41) is 3.18. The lowest BCUT2D eigenvalue weighted by Gasteiger charge is -2.31. The molecule has 3 N–H and O–H groups in total. The number of amides is 1. The minimum atomic E-state index is -0.293. The zero-order chi connectivity index (χ0) is 18.9. The van der Waals surface area contributed by atoms with Crippen molar-refractivity contribution in [2.24, 2.45) is 10.7 Å². The highest BCUT2D eigenvalue weighted by atomic mass is 127. The van der Waals surface area contributed by atoms with E-state index in [-0.39, 0.29) is 48.5 Å². The molecule has 0 radical (unpaired) electrons. The number of hydrogen-bond donors (Lipinski definition) is 2. The molecule has 27 heavy (non-hydrogen) atoms. The predicted octanol–water partition coefficient (Wildman–Crippen LogP) is 2.62. The second-order valence-corrected chi connectivity index (χ2v) is 6.16. The SMILES string of the molecule is CCOC(=O)N1CCC(NC(N)=NCc2ccc(F)c(COC)c2)CC1.I. The highest BCUT2D eigenvalue weighted by Gasteiger charge is 2.23. The van der Waals surface area contributed by atoms with Gasteiger partial charge in [-0.2, -0.15) is 0 Å². The predicted molar refractivity (Wildman–Crippen MR) is 113 cm³/mol. The van der Waals surface area contributed by atoms with E-state index >= 15 is 0 Å². The van der Waals surface area contributed by atoms with Crippen molar-refractivity contribution in [3.8, 4) is 0 Å². The van der Waals surface area contributed by atoms with Crippen LogP contribution in [0.4, 0.5) is 9.18 Å². The number of rotatable bonds is 6. The third-order valence-electron chi connectivity index (χ3n) is 4.21. The van der Waals surface area contributed by atoms with Gasteiger partial charge >= 0.3 is 6.09 Å². The zero-order valence-corrected chi connectivity index (χ0v) is 18.1. The van der Waals surface area contributed by atoms with Crippen molar-refractivity contribution in [3.05, 3.63) is 35.1 Å². The van der Waals surface area contributed by atoms with E-state index in [1.807, 2.05) is 0 Å². The maximum atomic E-state index is 13.6. The summed E-state index contributed by atoms with van der Waals surface area (Å²) in [6, 6.07) is 4.99. The first-order valence-electron chi connectivity index (χ1n) is 8.77. The van der Waals surface area contributed by atoms with Crippen LogP contribution in [0.3, 0.4) is 0 Å². The van der Waals surface area contributed by atoms with Gasteiger partial charge < -0.3 is 25.4 Å². The molecule has 1 amide bonds. The van der Waals surface area contributed by atoms with Crippen molar-refractivity contribution in [1.82, 2.24) is 10.2 Å². The van der Waals surface area contributed by atoms with Crippen molar-refractivity contribution in [3.63, 3.8) is 0 Å². The lowest BCUT2D eigenvalue weighted by molar-refractivity contribution is 0.0963. The number of aliphatic imine (C=N–C) groups is 1. The number of likely N-dealkylation sites (tertiary alicyclic amines) is 1. The minimum absolute atomic E-state index is 0. The van der Waals surface area contributed by atoms with Gasteiger partial charge in [0.25, 0.3) is 0 Å². The van der Waals surface area contributed by atoms with E-state index in [1.165, 1.54) is 13.2 Å². The molecule has 0 unspecified atom stereocenters. The van der Waals surface area contributed by atoms with Crippen LogP contribution in [0.2, 0.25) is 0 Å². The molecule has 152 valence electrons. The molecule has 0 aliphatic carbocycles. The first-order chi connectivity index (χ1) is 12.5. The zero-order valence-electron chi connectivity index (χ0n) is 15.7. The Morgan fingerprint density at radius 2 is 2.11 bits per heavy atom. The third kappa shape index (κ3) is 7.49. The van der Waals surface area contributed by atoms with Gasteiger partial charge in [-0.1, -0.05) is 6.07 Å². The van der Waals surface area contributed by atoms with Crippen LogP contribution < -0.4 is 11.1 Å². The average Bonchev–Trinajstić information content (AvgIpc) is 2.63. The molecule has 1 saturated heterocycles. The van der Waals surface area contributed by atoms with Crippen LogP contribution in [0, 0.1) is 5.82 Å².